The Hall–Kier alpha value is -1.04. The third-order valence-corrected chi connectivity index (χ3v) is 3.50. The number of rotatable bonds is 3. The average Bonchev–Trinajstić information content (AvgIpc) is 2.80. The van der Waals surface area contributed by atoms with Crippen LogP contribution in [0.25, 0.3) is 0 Å². The molecule has 5 nitrogen and oxygen atoms in total. The second-order valence-electron chi connectivity index (χ2n) is 4.95. The highest BCUT2D eigenvalue weighted by Crippen LogP contribution is 2.21. The molecule has 1 unspecified atom stereocenters. The third-order valence-electron chi connectivity index (χ3n) is 3.29. The number of aromatic nitrogens is 1. The second kappa shape index (κ2) is 5.94. The van der Waals surface area contributed by atoms with E-state index in [0.717, 1.165) is 0 Å². The maximum atomic E-state index is 12.6. The lowest BCUT2D eigenvalue weighted by molar-refractivity contribution is -0.0189. The lowest BCUT2D eigenvalue weighted by atomic mass is 10.2. The molecule has 1 saturated heterocycles. The molecule has 1 aliphatic rings. The zero-order valence-electron chi connectivity index (χ0n) is 11.2. The van der Waals surface area contributed by atoms with E-state index >= 15 is 0 Å². The monoisotopic (exact) mass is 286 g/mol. The molecule has 0 aliphatic carbocycles. The summed E-state index contributed by atoms with van der Waals surface area (Å²) in [6, 6.07) is 1.55. The van der Waals surface area contributed by atoms with Gasteiger partial charge in [0.15, 0.2) is 0 Å². The SMILES string of the molecule is CC(C)n1cc(Cl)cc1C(=O)N1CCOCC1CO. The molecule has 1 aromatic heterocycles. The van der Waals surface area contributed by atoms with Crippen LogP contribution in [-0.4, -0.2) is 52.9 Å². The summed E-state index contributed by atoms with van der Waals surface area (Å²) in [5, 5.41) is 9.88. The molecule has 2 heterocycles. The number of halogens is 1. The number of carbonyl (C=O) groups is 1. The molecule has 1 atom stereocenters. The molecule has 0 saturated carbocycles. The van der Waals surface area contributed by atoms with E-state index in [1.165, 1.54) is 0 Å². The van der Waals surface area contributed by atoms with Crippen molar-refractivity contribution in [3.8, 4) is 0 Å². The summed E-state index contributed by atoms with van der Waals surface area (Å²) in [4.78, 5) is 14.2. The Morgan fingerprint density at radius 3 is 3.00 bits per heavy atom. The van der Waals surface area contributed by atoms with Crippen LogP contribution >= 0.6 is 11.6 Å². The molecule has 1 amide bonds. The van der Waals surface area contributed by atoms with Crippen molar-refractivity contribution in [2.24, 2.45) is 0 Å². The first-order valence-corrected chi connectivity index (χ1v) is 6.79. The molecule has 1 aromatic rings. The Kier molecular flexibility index (Phi) is 4.50. The van der Waals surface area contributed by atoms with Crippen molar-refractivity contribution >= 4 is 17.5 Å². The summed E-state index contributed by atoms with van der Waals surface area (Å²) >= 11 is 6.00. The Labute approximate surface area is 117 Å². The maximum absolute atomic E-state index is 12.6. The molecular formula is C13H19ClN2O3. The molecule has 19 heavy (non-hydrogen) atoms. The fourth-order valence-corrected chi connectivity index (χ4v) is 2.47. The Morgan fingerprint density at radius 2 is 2.37 bits per heavy atom. The fraction of sp³-hybridized carbons (Fsp3) is 0.615. The molecule has 6 heteroatoms. The van der Waals surface area contributed by atoms with Gasteiger partial charge in [-0.3, -0.25) is 4.79 Å². The molecule has 1 N–H and O–H groups in total. The lowest BCUT2D eigenvalue weighted by Crippen LogP contribution is -2.50. The molecular weight excluding hydrogens is 268 g/mol. The van der Waals surface area contributed by atoms with Crippen LogP contribution in [-0.2, 0) is 4.74 Å². The van der Waals surface area contributed by atoms with Crippen molar-refractivity contribution in [2.75, 3.05) is 26.4 Å². The van der Waals surface area contributed by atoms with E-state index < -0.39 is 0 Å². The van der Waals surface area contributed by atoms with E-state index in [0.29, 0.717) is 30.5 Å². The average molecular weight is 287 g/mol. The molecule has 106 valence electrons. The van der Waals surface area contributed by atoms with Gasteiger partial charge < -0.3 is 19.3 Å². The number of aliphatic hydroxyl groups is 1. The van der Waals surface area contributed by atoms with Gasteiger partial charge in [0.05, 0.1) is 30.9 Å². The maximum Gasteiger partial charge on any atom is 0.271 e. The van der Waals surface area contributed by atoms with Crippen molar-refractivity contribution in [2.45, 2.75) is 25.9 Å². The van der Waals surface area contributed by atoms with E-state index in [9.17, 15) is 9.90 Å². The zero-order valence-corrected chi connectivity index (χ0v) is 11.9. The number of morpholine rings is 1. The standard InChI is InChI=1S/C13H19ClN2O3/c1-9(2)16-6-10(14)5-12(16)13(18)15-3-4-19-8-11(15)7-17/h5-6,9,11,17H,3-4,7-8H2,1-2H3. The summed E-state index contributed by atoms with van der Waals surface area (Å²) in [5.41, 5.74) is 0.556. The molecule has 1 aliphatic heterocycles. The Bertz CT molecular complexity index is 459. The van der Waals surface area contributed by atoms with E-state index in [2.05, 4.69) is 0 Å². The van der Waals surface area contributed by atoms with Gasteiger partial charge in [0.1, 0.15) is 5.69 Å². The van der Waals surface area contributed by atoms with E-state index in [-0.39, 0.29) is 24.6 Å². The smallest absolute Gasteiger partial charge is 0.271 e. The Balaban J connectivity index is 2.27. The fourth-order valence-electron chi connectivity index (χ4n) is 2.26. The highest BCUT2D eigenvalue weighted by Gasteiger charge is 2.29. The first-order chi connectivity index (χ1) is 9.04. The number of hydrogen-bond donors (Lipinski definition) is 1. The molecule has 0 bridgehead atoms. The summed E-state index contributed by atoms with van der Waals surface area (Å²) in [5.74, 6) is -0.108. The molecule has 0 aromatic carbocycles. The van der Waals surface area contributed by atoms with E-state index in [1.54, 1.807) is 17.2 Å². The highest BCUT2D eigenvalue weighted by molar-refractivity contribution is 6.31. The van der Waals surface area contributed by atoms with Gasteiger partial charge in [-0.1, -0.05) is 11.6 Å². The van der Waals surface area contributed by atoms with Gasteiger partial charge in [-0.05, 0) is 19.9 Å². The third kappa shape index (κ3) is 2.94. The van der Waals surface area contributed by atoms with Crippen LogP contribution in [0.5, 0.6) is 0 Å². The van der Waals surface area contributed by atoms with Crippen molar-refractivity contribution in [1.29, 1.82) is 0 Å². The van der Waals surface area contributed by atoms with Crippen LogP contribution in [0.2, 0.25) is 5.02 Å². The van der Waals surface area contributed by atoms with Crippen LogP contribution in [0.1, 0.15) is 30.4 Å². The topological polar surface area (TPSA) is 54.7 Å². The quantitative estimate of drug-likeness (QED) is 0.917. The molecule has 0 radical (unpaired) electrons. The van der Waals surface area contributed by atoms with E-state index in [1.807, 2.05) is 18.4 Å². The van der Waals surface area contributed by atoms with Crippen LogP contribution < -0.4 is 0 Å². The van der Waals surface area contributed by atoms with Crippen molar-refractivity contribution in [3.05, 3.63) is 23.0 Å². The summed E-state index contributed by atoms with van der Waals surface area (Å²) in [6.45, 7) is 5.26. The first kappa shape index (κ1) is 14.4. The Morgan fingerprint density at radius 1 is 1.63 bits per heavy atom. The number of aliphatic hydroxyl groups excluding tert-OH is 1. The molecule has 0 spiro atoms. The largest absolute Gasteiger partial charge is 0.394 e. The van der Waals surface area contributed by atoms with E-state index in [4.69, 9.17) is 16.3 Å². The van der Waals surface area contributed by atoms with Gasteiger partial charge >= 0.3 is 0 Å². The van der Waals surface area contributed by atoms with Gasteiger partial charge in [0.2, 0.25) is 0 Å². The summed E-state index contributed by atoms with van der Waals surface area (Å²) in [7, 11) is 0. The number of nitrogens with zero attached hydrogens (tertiary/aromatic N) is 2. The van der Waals surface area contributed by atoms with Crippen LogP contribution in [0.3, 0.4) is 0 Å². The van der Waals surface area contributed by atoms with Crippen molar-refractivity contribution in [1.82, 2.24) is 9.47 Å². The second-order valence-corrected chi connectivity index (χ2v) is 5.39. The number of amides is 1. The predicted molar refractivity (Wildman–Crippen MR) is 72.6 cm³/mol. The first-order valence-electron chi connectivity index (χ1n) is 6.41. The minimum absolute atomic E-state index is 0.0954. The van der Waals surface area contributed by atoms with Gasteiger partial charge in [0, 0.05) is 18.8 Å². The summed E-state index contributed by atoms with van der Waals surface area (Å²) in [6.07, 6.45) is 1.76. The van der Waals surface area contributed by atoms with Crippen molar-refractivity contribution in [3.63, 3.8) is 0 Å². The van der Waals surface area contributed by atoms with Crippen molar-refractivity contribution < 1.29 is 14.6 Å². The lowest BCUT2D eigenvalue weighted by Gasteiger charge is -2.34. The molecule has 2 rings (SSSR count). The molecule has 1 fully saturated rings. The van der Waals surface area contributed by atoms with Gasteiger partial charge in [-0.15, -0.1) is 0 Å². The van der Waals surface area contributed by atoms with Gasteiger partial charge in [0.25, 0.3) is 5.91 Å². The van der Waals surface area contributed by atoms with Gasteiger partial charge in [-0.25, -0.2) is 0 Å². The van der Waals surface area contributed by atoms with Gasteiger partial charge in [-0.2, -0.15) is 0 Å². The van der Waals surface area contributed by atoms with Crippen LogP contribution in [0.15, 0.2) is 12.3 Å². The highest BCUT2D eigenvalue weighted by atomic mass is 35.5. The number of ether oxygens (including phenoxy) is 1. The minimum Gasteiger partial charge on any atom is -0.394 e. The van der Waals surface area contributed by atoms with Crippen LogP contribution in [0, 0.1) is 0 Å². The number of hydrogen-bond acceptors (Lipinski definition) is 3. The normalized spacial score (nSPS) is 20.1. The minimum atomic E-state index is -0.282. The zero-order chi connectivity index (χ0) is 14.0. The van der Waals surface area contributed by atoms with Crippen LogP contribution in [0.4, 0.5) is 0 Å². The summed E-state index contributed by atoms with van der Waals surface area (Å²) < 4.78 is 7.14. The predicted octanol–water partition coefficient (Wildman–Crippen LogP) is 1.56. The number of carbonyl (C=O) groups excluding carboxylic acids is 1.